The summed E-state index contributed by atoms with van der Waals surface area (Å²) in [5, 5.41) is 3.56. The molecule has 1 saturated heterocycles. The number of nitrogens with zero attached hydrogens (tertiary/aromatic N) is 2. The molecule has 4 rings (SSSR count). The second kappa shape index (κ2) is 9.07. The van der Waals surface area contributed by atoms with Gasteiger partial charge in [0.25, 0.3) is 0 Å². The average molecular weight is 472 g/mol. The fourth-order valence-electron chi connectivity index (χ4n) is 4.08. The van der Waals surface area contributed by atoms with Crippen molar-refractivity contribution in [3.8, 4) is 0 Å². The molecular formula is C23H25N3O4S2. The Kier molecular flexibility index (Phi) is 6.39. The summed E-state index contributed by atoms with van der Waals surface area (Å²) in [5.74, 6) is -0.0689. The maximum absolute atomic E-state index is 12.6. The van der Waals surface area contributed by atoms with Crippen molar-refractivity contribution < 1.29 is 18.0 Å². The van der Waals surface area contributed by atoms with Crippen molar-refractivity contribution in [3.05, 3.63) is 59.7 Å². The quantitative estimate of drug-likeness (QED) is 0.650. The molecule has 2 aromatic carbocycles. The number of carbonyl (C=O) groups excluding carboxylic acids is 2. The number of hydrogen-bond acceptors (Lipinski definition) is 7. The molecule has 9 heteroatoms. The van der Waals surface area contributed by atoms with Gasteiger partial charge in [0.1, 0.15) is 0 Å². The number of Topliss-reactive ketones (excluding diaryl/α,β-unsaturated/α-hetero) is 1. The van der Waals surface area contributed by atoms with Crippen molar-refractivity contribution in [1.29, 1.82) is 0 Å². The molecule has 32 heavy (non-hydrogen) atoms. The van der Waals surface area contributed by atoms with Gasteiger partial charge in [0.15, 0.2) is 20.8 Å². The van der Waals surface area contributed by atoms with Crippen LogP contribution in [0.15, 0.2) is 53.5 Å². The Morgan fingerprint density at radius 1 is 1.16 bits per heavy atom. The Bertz CT molecular complexity index is 1190. The van der Waals surface area contributed by atoms with Crippen LogP contribution in [-0.4, -0.2) is 54.6 Å². The molecule has 1 fully saturated rings. The second-order valence-electron chi connectivity index (χ2n) is 7.95. The number of para-hydroxylation sites is 1. The first-order valence-electron chi connectivity index (χ1n) is 10.5. The molecule has 7 nitrogen and oxygen atoms in total. The zero-order valence-corrected chi connectivity index (χ0v) is 19.6. The van der Waals surface area contributed by atoms with E-state index in [1.165, 1.54) is 18.7 Å². The van der Waals surface area contributed by atoms with E-state index in [-0.39, 0.29) is 41.0 Å². The number of anilines is 2. The van der Waals surface area contributed by atoms with Crippen LogP contribution in [0.1, 0.15) is 29.8 Å². The Morgan fingerprint density at radius 3 is 2.69 bits per heavy atom. The van der Waals surface area contributed by atoms with Crippen LogP contribution in [-0.2, 0) is 21.1 Å². The van der Waals surface area contributed by atoms with Crippen molar-refractivity contribution in [2.75, 3.05) is 27.5 Å². The molecule has 2 aliphatic heterocycles. The molecule has 0 aliphatic carbocycles. The van der Waals surface area contributed by atoms with Crippen molar-refractivity contribution >= 4 is 49.8 Å². The van der Waals surface area contributed by atoms with Crippen molar-refractivity contribution in [2.45, 2.75) is 32.4 Å². The molecule has 168 valence electrons. The van der Waals surface area contributed by atoms with E-state index in [9.17, 15) is 18.0 Å². The first-order valence-corrected chi connectivity index (χ1v) is 13.3. The number of benzene rings is 2. The lowest BCUT2D eigenvalue weighted by Crippen LogP contribution is -2.39. The zero-order valence-electron chi connectivity index (χ0n) is 17.9. The molecule has 0 spiro atoms. The number of carbonyl (C=O) groups is 2. The monoisotopic (exact) mass is 471 g/mol. The molecule has 2 aliphatic rings. The van der Waals surface area contributed by atoms with E-state index < -0.39 is 9.84 Å². The summed E-state index contributed by atoms with van der Waals surface area (Å²) < 4.78 is 24.4. The van der Waals surface area contributed by atoms with Gasteiger partial charge >= 0.3 is 0 Å². The van der Waals surface area contributed by atoms with E-state index in [4.69, 9.17) is 0 Å². The van der Waals surface area contributed by atoms with Crippen molar-refractivity contribution in [2.24, 2.45) is 4.99 Å². The van der Waals surface area contributed by atoms with Crippen LogP contribution in [0, 0.1) is 0 Å². The predicted molar refractivity (Wildman–Crippen MR) is 129 cm³/mol. The van der Waals surface area contributed by atoms with E-state index in [2.05, 4.69) is 10.3 Å². The highest BCUT2D eigenvalue weighted by Crippen LogP contribution is 2.35. The number of fused-ring (bicyclic) bond motifs is 1. The van der Waals surface area contributed by atoms with Crippen LogP contribution < -0.4 is 10.2 Å². The maximum Gasteiger partial charge on any atom is 0.234 e. The number of hydrogen-bond donors (Lipinski definition) is 1. The Balaban J connectivity index is 1.54. The van der Waals surface area contributed by atoms with Gasteiger partial charge in [0.05, 0.1) is 29.3 Å². The van der Waals surface area contributed by atoms with Crippen LogP contribution >= 0.6 is 11.8 Å². The third-order valence-corrected chi connectivity index (χ3v) is 8.31. The van der Waals surface area contributed by atoms with Gasteiger partial charge in [0.2, 0.25) is 5.91 Å². The molecule has 2 unspecified atom stereocenters. The Labute approximate surface area is 192 Å². The molecular weight excluding hydrogens is 446 g/mol. The van der Waals surface area contributed by atoms with Gasteiger partial charge in [-0.15, -0.1) is 0 Å². The number of thioether (sulfide) groups is 1. The normalized spacial score (nSPS) is 21.2. The summed E-state index contributed by atoms with van der Waals surface area (Å²) in [6.45, 7) is 3.53. The number of aryl methyl sites for hydroxylation is 1. The lowest BCUT2D eigenvalue weighted by Gasteiger charge is -2.26. The summed E-state index contributed by atoms with van der Waals surface area (Å²) in [7, 11) is -3.18. The van der Waals surface area contributed by atoms with E-state index in [0.717, 1.165) is 17.7 Å². The van der Waals surface area contributed by atoms with Crippen LogP contribution in [0.3, 0.4) is 0 Å². The van der Waals surface area contributed by atoms with Crippen molar-refractivity contribution in [1.82, 2.24) is 0 Å². The third kappa shape index (κ3) is 4.73. The highest BCUT2D eigenvalue weighted by Gasteiger charge is 2.47. The highest BCUT2D eigenvalue weighted by atomic mass is 32.2. The minimum absolute atomic E-state index is 0.000692. The molecule has 0 saturated carbocycles. The molecule has 1 N–H and O–H groups in total. The molecule has 2 heterocycles. The number of rotatable bonds is 6. The lowest BCUT2D eigenvalue weighted by atomic mass is 10.1. The van der Waals surface area contributed by atoms with E-state index in [1.807, 2.05) is 42.2 Å². The lowest BCUT2D eigenvalue weighted by molar-refractivity contribution is -0.113. The summed E-state index contributed by atoms with van der Waals surface area (Å²) in [6, 6.07) is 14.1. The summed E-state index contributed by atoms with van der Waals surface area (Å²) in [5.41, 5.74) is 3.12. The summed E-state index contributed by atoms with van der Waals surface area (Å²) in [4.78, 5) is 31.0. The van der Waals surface area contributed by atoms with Gasteiger partial charge in [-0.2, -0.15) is 0 Å². The summed E-state index contributed by atoms with van der Waals surface area (Å²) >= 11 is 1.28. The minimum atomic E-state index is -3.18. The number of aliphatic imine (C=N–C) groups is 1. The van der Waals surface area contributed by atoms with Crippen LogP contribution in [0.2, 0.25) is 0 Å². The SMILES string of the molecule is CCc1ccccc1NC(=O)CSC1=NC2CS(=O)(=O)CC2N1c1cccc(C(C)=O)c1. The predicted octanol–water partition coefficient (Wildman–Crippen LogP) is 3.17. The molecule has 0 radical (unpaired) electrons. The van der Waals surface area contributed by atoms with E-state index >= 15 is 0 Å². The standard InChI is InChI=1S/C23H25N3O4S2/c1-3-16-7-4-5-10-19(16)24-22(28)12-31-23-25-20-13-32(29,30)14-21(20)26(23)18-9-6-8-17(11-18)15(2)27/h4-11,20-21H,3,12-14H2,1-2H3,(H,24,28). The number of nitrogens with one attached hydrogen (secondary N) is 1. The molecule has 2 atom stereocenters. The zero-order chi connectivity index (χ0) is 22.9. The largest absolute Gasteiger partial charge is 0.325 e. The number of amides is 1. The van der Waals surface area contributed by atoms with Gasteiger partial charge in [-0.1, -0.05) is 49.0 Å². The smallest absolute Gasteiger partial charge is 0.234 e. The number of sulfone groups is 1. The number of ketones is 1. The van der Waals surface area contributed by atoms with Crippen LogP contribution in [0.25, 0.3) is 0 Å². The first kappa shape index (κ1) is 22.5. The van der Waals surface area contributed by atoms with Crippen LogP contribution in [0.4, 0.5) is 11.4 Å². The van der Waals surface area contributed by atoms with Gasteiger partial charge in [0, 0.05) is 16.9 Å². The van der Waals surface area contributed by atoms with Gasteiger partial charge < -0.3 is 10.2 Å². The highest BCUT2D eigenvalue weighted by molar-refractivity contribution is 8.14. The van der Waals surface area contributed by atoms with E-state index in [1.54, 1.807) is 18.2 Å². The third-order valence-electron chi connectivity index (χ3n) is 5.64. The molecule has 0 bridgehead atoms. The minimum Gasteiger partial charge on any atom is -0.325 e. The van der Waals surface area contributed by atoms with Gasteiger partial charge in [-0.25, -0.2) is 8.42 Å². The maximum atomic E-state index is 12.6. The number of amidine groups is 1. The topological polar surface area (TPSA) is 95.9 Å². The van der Waals surface area contributed by atoms with Gasteiger partial charge in [-0.05, 0) is 37.1 Å². The fourth-order valence-corrected chi connectivity index (χ4v) is 6.84. The molecule has 2 aromatic rings. The fraction of sp³-hybridized carbons (Fsp3) is 0.348. The second-order valence-corrected chi connectivity index (χ2v) is 11.0. The van der Waals surface area contributed by atoms with E-state index in [0.29, 0.717) is 16.4 Å². The average Bonchev–Trinajstić information content (AvgIpc) is 3.23. The first-order chi connectivity index (χ1) is 15.3. The van der Waals surface area contributed by atoms with Crippen LogP contribution in [0.5, 0.6) is 0 Å². The molecule has 1 amide bonds. The Hall–Kier alpha value is -2.65. The van der Waals surface area contributed by atoms with Crippen molar-refractivity contribution in [3.63, 3.8) is 0 Å². The van der Waals surface area contributed by atoms with Gasteiger partial charge in [-0.3, -0.25) is 14.6 Å². The Morgan fingerprint density at radius 2 is 1.94 bits per heavy atom. The summed E-state index contributed by atoms with van der Waals surface area (Å²) in [6.07, 6.45) is 0.814. The molecule has 0 aromatic heterocycles.